The molecule has 0 bridgehead atoms. The third kappa shape index (κ3) is 4.13. The van der Waals surface area contributed by atoms with Crippen LogP contribution in [0.1, 0.15) is 35.0 Å². The molecule has 1 aromatic carbocycles. The standard InChI is InChI=1S/C15H19BrN2S/c1-3-13-14(10-17-4-2)19-15(18-13)9-11-5-7-12(16)8-6-11/h5-8,17H,3-4,9-10H2,1-2H3. The first-order valence-electron chi connectivity index (χ1n) is 6.65. The SMILES string of the molecule is CCNCc1sc(Cc2ccc(Br)cc2)nc1CC. The van der Waals surface area contributed by atoms with E-state index >= 15 is 0 Å². The molecule has 1 N–H and O–H groups in total. The molecular formula is C15H19BrN2S. The van der Waals surface area contributed by atoms with Gasteiger partial charge in [-0.1, -0.05) is 41.9 Å². The third-order valence-electron chi connectivity index (χ3n) is 2.96. The zero-order valence-corrected chi connectivity index (χ0v) is 13.8. The van der Waals surface area contributed by atoms with Gasteiger partial charge in [-0.05, 0) is 30.7 Å². The quantitative estimate of drug-likeness (QED) is 0.854. The molecule has 4 heteroatoms. The number of hydrogen-bond acceptors (Lipinski definition) is 3. The summed E-state index contributed by atoms with van der Waals surface area (Å²) in [5.74, 6) is 0. The minimum atomic E-state index is 0.928. The van der Waals surface area contributed by atoms with Crippen molar-refractivity contribution in [1.82, 2.24) is 10.3 Å². The topological polar surface area (TPSA) is 24.9 Å². The fraction of sp³-hybridized carbons (Fsp3) is 0.400. The van der Waals surface area contributed by atoms with Gasteiger partial charge in [-0.2, -0.15) is 0 Å². The number of aromatic nitrogens is 1. The van der Waals surface area contributed by atoms with E-state index in [0.717, 1.165) is 30.4 Å². The predicted molar refractivity (Wildman–Crippen MR) is 85.8 cm³/mol. The Balaban J connectivity index is 2.11. The molecule has 102 valence electrons. The molecule has 2 rings (SSSR count). The molecule has 0 aliphatic rings. The van der Waals surface area contributed by atoms with Crippen LogP contribution in [0.4, 0.5) is 0 Å². The maximum atomic E-state index is 4.77. The summed E-state index contributed by atoms with van der Waals surface area (Å²) in [4.78, 5) is 6.15. The Labute approximate surface area is 127 Å². The Bertz CT molecular complexity index is 519. The highest BCUT2D eigenvalue weighted by atomic mass is 79.9. The Morgan fingerprint density at radius 3 is 2.58 bits per heavy atom. The molecule has 0 fully saturated rings. The third-order valence-corrected chi connectivity index (χ3v) is 4.59. The molecule has 0 saturated carbocycles. The average molecular weight is 339 g/mol. The summed E-state index contributed by atoms with van der Waals surface area (Å²) < 4.78 is 1.12. The molecule has 2 nitrogen and oxygen atoms in total. The van der Waals surface area contributed by atoms with Gasteiger partial charge in [0.15, 0.2) is 0 Å². The molecule has 1 heterocycles. The van der Waals surface area contributed by atoms with Crippen molar-refractivity contribution in [2.45, 2.75) is 33.2 Å². The van der Waals surface area contributed by atoms with Gasteiger partial charge in [0, 0.05) is 22.3 Å². The lowest BCUT2D eigenvalue weighted by Gasteiger charge is -1.99. The largest absolute Gasteiger partial charge is 0.312 e. The number of benzene rings is 1. The van der Waals surface area contributed by atoms with E-state index in [1.807, 2.05) is 11.3 Å². The lowest BCUT2D eigenvalue weighted by atomic mass is 10.2. The van der Waals surface area contributed by atoms with Crippen LogP contribution in [0.3, 0.4) is 0 Å². The number of aryl methyl sites for hydroxylation is 1. The van der Waals surface area contributed by atoms with Crippen molar-refractivity contribution in [3.05, 3.63) is 49.9 Å². The van der Waals surface area contributed by atoms with E-state index in [1.165, 1.54) is 21.1 Å². The number of rotatable bonds is 6. The summed E-state index contributed by atoms with van der Waals surface area (Å²) in [7, 11) is 0. The molecule has 0 atom stereocenters. The second-order valence-corrected chi connectivity index (χ2v) is 6.50. The van der Waals surface area contributed by atoms with Crippen LogP contribution in [-0.4, -0.2) is 11.5 Å². The molecule has 2 aromatic rings. The second kappa shape index (κ2) is 7.17. The van der Waals surface area contributed by atoms with Crippen LogP contribution in [-0.2, 0) is 19.4 Å². The molecule has 1 aromatic heterocycles. The van der Waals surface area contributed by atoms with Gasteiger partial charge in [-0.15, -0.1) is 11.3 Å². The van der Waals surface area contributed by atoms with Crippen LogP contribution in [0, 0.1) is 0 Å². The van der Waals surface area contributed by atoms with Crippen LogP contribution in [0.25, 0.3) is 0 Å². The molecule has 19 heavy (non-hydrogen) atoms. The summed E-state index contributed by atoms with van der Waals surface area (Å²) in [6.45, 7) is 6.25. The van der Waals surface area contributed by atoms with Gasteiger partial charge in [0.1, 0.15) is 0 Å². The van der Waals surface area contributed by atoms with Crippen molar-refractivity contribution < 1.29 is 0 Å². The monoisotopic (exact) mass is 338 g/mol. The van der Waals surface area contributed by atoms with Crippen LogP contribution >= 0.6 is 27.3 Å². The van der Waals surface area contributed by atoms with Crippen molar-refractivity contribution >= 4 is 27.3 Å². The molecular weight excluding hydrogens is 320 g/mol. The molecule has 0 aliphatic carbocycles. The predicted octanol–water partition coefficient (Wildman–Crippen LogP) is 4.17. The molecule has 0 amide bonds. The van der Waals surface area contributed by atoms with Gasteiger partial charge in [0.2, 0.25) is 0 Å². The van der Waals surface area contributed by atoms with Gasteiger partial charge < -0.3 is 5.32 Å². The van der Waals surface area contributed by atoms with Crippen molar-refractivity contribution in [3.8, 4) is 0 Å². The average Bonchev–Trinajstić information content (AvgIpc) is 2.81. The Morgan fingerprint density at radius 1 is 1.21 bits per heavy atom. The van der Waals surface area contributed by atoms with Crippen molar-refractivity contribution in [2.75, 3.05) is 6.54 Å². The summed E-state index contributed by atoms with van der Waals surface area (Å²) in [5, 5.41) is 4.60. The van der Waals surface area contributed by atoms with E-state index in [-0.39, 0.29) is 0 Å². The van der Waals surface area contributed by atoms with Gasteiger partial charge in [-0.25, -0.2) is 4.98 Å². The van der Waals surface area contributed by atoms with Crippen molar-refractivity contribution in [2.24, 2.45) is 0 Å². The molecule has 0 aliphatic heterocycles. The summed E-state index contributed by atoms with van der Waals surface area (Å²) in [5.41, 5.74) is 2.56. The zero-order chi connectivity index (χ0) is 13.7. The summed E-state index contributed by atoms with van der Waals surface area (Å²) in [6.07, 6.45) is 1.94. The van der Waals surface area contributed by atoms with Crippen LogP contribution in [0.2, 0.25) is 0 Å². The molecule has 0 radical (unpaired) electrons. The Hall–Kier alpha value is -0.710. The first kappa shape index (κ1) is 14.7. The normalized spacial score (nSPS) is 10.9. The highest BCUT2D eigenvalue weighted by molar-refractivity contribution is 9.10. The molecule has 0 saturated heterocycles. The van der Waals surface area contributed by atoms with Gasteiger partial charge in [-0.3, -0.25) is 0 Å². The highest BCUT2D eigenvalue weighted by Crippen LogP contribution is 2.22. The van der Waals surface area contributed by atoms with Gasteiger partial charge in [0.05, 0.1) is 10.7 Å². The maximum absolute atomic E-state index is 4.77. The second-order valence-electron chi connectivity index (χ2n) is 4.41. The van der Waals surface area contributed by atoms with Crippen LogP contribution < -0.4 is 5.32 Å². The van der Waals surface area contributed by atoms with Gasteiger partial charge in [0.25, 0.3) is 0 Å². The number of nitrogens with zero attached hydrogens (tertiary/aromatic N) is 1. The maximum Gasteiger partial charge on any atom is 0.0975 e. The highest BCUT2D eigenvalue weighted by Gasteiger charge is 2.09. The molecule has 0 unspecified atom stereocenters. The molecule has 0 spiro atoms. The van der Waals surface area contributed by atoms with Crippen LogP contribution in [0.15, 0.2) is 28.7 Å². The lowest BCUT2D eigenvalue weighted by molar-refractivity contribution is 0.727. The first-order chi connectivity index (χ1) is 9.22. The van der Waals surface area contributed by atoms with E-state index < -0.39 is 0 Å². The minimum Gasteiger partial charge on any atom is -0.312 e. The Kier molecular flexibility index (Phi) is 5.55. The number of thiazole rings is 1. The fourth-order valence-electron chi connectivity index (χ4n) is 1.94. The Morgan fingerprint density at radius 2 is 1.95 bits per heavy atom. The van der Waals surface area contributed by atoms with E-state index in [1.54, 1.807) is 0 Å². The van der Waals surface area contributed by atoms with E-state index in [2.05, 4.69) is 59.4 Å². The van der Waals surface area contributed by atoms with Crippen LogP contribution in [0.5, 0.6) is 0 Å². The smallest absolute Gasteiger partial charge is 0.0975 e. The van der Waals surface area contributed by atoms with Crippen molar-refractivity contribution in [1.29, 1.82) is 0 Å². The van der Waals surface area contributed by atoms with Gasteiger partial charge >= 0.3 is 0 Å². The summed E-state index contributed by atoms with van der Waals surface area (Å²) >= 11 is 5.30. The number of hydrogen-bond donors (Lipinski definition) is 1. The number of nitrogens with one attached hydrogen (secondary N) is 1. The minimum absolute atomic E-state index is 0.928. The van der Waals surface area contributed by atoms with E-state index in [0.29, 0.717) is 0 Å². The van der Waals surface area contributed by atoms with Crippen molar-refractivity contribution in [3.63, 3.8) is 0 Å². The number of halogens is 1. The first-order valence-corrected chi connectivity index (χ1v) is 8.26. The zero-order valence-electron chi connectivity index (χ0n) is 11.4. The summed E-state index contributed by atoms with van der Waals surface area (Å²) in [6, 6.07) is 8.48. The van der Waals surface area contributed by atoms with E-state index in [9.17, 15) is 0 Å². The lowest BCUT2D eigenvalue weighted by Crippen LogP contribution is -2.11. The fourth-order valence-corrected chi connectivity index (χ4v) is 3.37. The van der Waals surface area contributed by atoms with E-state index in [4.69, 9.17) is 4.98 Å².